The lowest BCUT2D eigenvalue weighted by Crippen LogP contribution is -2.38. The number of hydrogen-bond donors (Lipinski definition) is 2. The van der Waals surface area contributed by atoms with Gasteiger partial charge in [-0.15, -0.1) is 0 Å². The van der Waals surface area contributed by atoms with Gasteiger partial charge < -0.3 is 20.3 Å². The minimum absolute atomic E-state index is 0.195. The summed E-state index contributed by atoms with van der Waals surface area (Å²) in [5.74, 6) is -0.833. The molecule has 1 amide bonds. The Morgan fingerprint density at radius 3 is 2.96 bits per heavy atom. The number of benzene rings is 1. The topological polar surface area (TPSA) is 86.5 Å². The monoisotopic (exact) mass is 332 g/mol. The van der Waals surface area contributed by atoms with E-state index in [2.05, 4.69) is 15.6 Å². The number of rotatable bonds is 3. The number of carbonyl (C=O) groups is 1. The Morgan fingerprint density at radius 1 is 1.54 bits per heavy atom. The van der Waals surface area contributed by atoms with Gasteiger partial charge in [-0.05, 0) is 18.2 Å². The number of amides is 1. The van der Waals surface area contributed by atoms with Crippen molar-refractivity contribution in [2.75, 3.05) is 11.4 Å². The van der Waals surface area contributed by atoms with E-state index >= 15 is 0 Å². The summed E-state index contributed by atoms with van der Waals surface area (Å²) in [5.41, 5.74) is 2.00. The number of halogens is 1. The van der Waals surface area contributed by atoms with Crippen molar-refractivity contribution in [1.29, 1.82) is 0 Å². The fourth-order valence-corrected chi connectivity index (χ4v) is 2.68. The van der Waals surface area contributed by atoms with Gasteiger partial charge in [-0.25, -0.2) is 4.39 Å². The molecule has 126 valence electrons. The quantitative estimate of drug-likeness (QED) is 0.653. The van der Waals surface area contributed by atoms with Crippen LogP contribution in [0.3, 0.4) is 0 Å². The molecular formula is C16H17FN4O3. The maximum Gasteiger partial charge on any atom is 0.219 e. The fraction of sp³-hybridized carbons (Fsp3) is 0.312. The highest BCUT2D eigenvalue weighted by atomic mass is 19.1. The maximum absolute atomic E-state index is 14.5. The molecule has 2 N–H and O–H groups in total. The third-order valence-electron chi connectivity index (χ3n) is 3.96. The molecule has 8 heteroatoms. The summed E-state index contributed by atoms with van der Waals surface area (Å²) in [7, 11) is 0. The van der Waals surface area contributed by atoms with Crippen molar-refractivity contribution in [3.05, 3.63) is 41.9 Å². The average molecular weight is 332 g/mol. The summed E-state index contributed by atoms with van der Waals surface area (Å²) in [6, 6.07) is 4.76. The van der Waals surface area contributed by atoms with Crippen LogP contribution in [0.2, 0.25) is 0 Å². The molecule has 1 aromatic carbocycles. The number of nitrogens with zero attached hydrogens (tertiary/aromatic N) is 3. The fourth-order valence-electron chi connectivity index (χ4n) is 2.68. The smallest absolute Gasteiger partial charge is 0.219 e. The Labute approximate surface area is 138 Å². The molecule has 1 aromatic rings. The minimum Gasteiger partial charge on any atom is -0.411 e. The number of oxime groups is 2. The van der Waals surface area contributed by atoms with Crippen LogP contribution < -0.4 is 10.2 Å². The molecule has 0 bridgehead atoms. The Kier molecular flexibility index (Phi) is 4.20. The lowest BCUT2D eigenvalue weighted by molar-refractivity contribution is -0.123. The number of nitrogens with one attached hydrogen (secondary N) is 1. The first-order valence-corrected chi connectivity index (χ1v) is 7.46. The highest BCUT2D eigenvalue weighted by Crippen LogP contribution is 2.27. The molecule has 0 fully saturated rings. The lowest BCUT2D eigenvalue weighted by atomic mass is 9.97. The van der Waals surface area contributed by atoms with Gasteiger partial charge in [0.1, 0.15) is 11.5 Å². The van der Waals surface area contributed by atoms with Crippen LogP contribution in [0.1, 0.15) is 19.4 Å². The third kappa shape index (κ3) is 2.94. The largest absolute Gasteiger partial charge is 0.411 e. The van der Waals surface area contributed by atoms with Crippen molar-refractivity contribution in [2.45, 2.75) is 20.1 Å². The summed E-state index contributed by atoms with van der Waals surface area (Å²) in [6.45, 7) is 3.55. The van der Waals surface area contributed by atoms with Crippen molar-refractivity contribution in [2.24, 2.45) is 16.2 Å². The normalized spacial score (nSPS) is 24.2. The van der Waals surface area contributed by atoms with E-state index in [1.165, 1.54) is 13.0 Å². The first kappa shape index (κ1) is 16.0. The number of hydrogen-bond acceptors (Lipinski definition) is 6. The zero-order valence-corrected chi connectivity index (χ0v) is 13.2. The summed E-state index contributed by atoms with van der Waals surface area (Å²) in [4.78, 5) is 18.0. The van der Waals surface area contributed by atoms with Gasteiger partial charge in [0.25, 0.3) is 0 Å². The van der Waals surface area contributed by atoms with Gasteiger partial charge in [0.05, 0.1) is 23.9 Å². The Bertz CT molecular complexity index is 760. The molecule has 0 saturated heterocycles. The van der Waals surface area contributed by atoms with Gasteiger partial charge in [-0.1, -0.05) is 23.3 Å². The van der Waals surface area contributed by atoms with Crippen LogP contribution in [-0.2, 0) is 9.63 Å². The summed E-state index contributed by atoms with van der Waals surface area (Å²) in [5, 5.41) is 18.5. The molecule has 0 saturated carbocycles. The van der Waals surface area contributed by atoms with Crippen LogP contribution in [0.15, 0.2) is 40.8 Å². The average Bonchev–Trinajstić information content (AvgIpc) is 3.15. The highest BCUT2D eigenvalue weighted by Gasteiger charge is 2.32. The van der Waals surface area contributed by atoms with Gasteiger partial charge in [-0.2, -0.15) is 0 Å². The van der Waals surface area contributed by atoms with Gasteiger partial charge in [0.2, 0.25) is 12.1 Å². The van der Waals surface area contributed by atoms with E-state index in [4.69, 9.17) is 10.0 Å². The summed E-state index contributed by atoms with van der Waals surface area (Å²) in [6.07, 6.45) is 2.71. The van der Waals surface area contributed by atoms with E-state index in [1.54, 1.807) is 29.3 Å². The Morgan fingerprint density at radius 2 is 2.33 bits per heavy atom. The molecule has 2 heterocycles. The van der Waals surface area contributed by atoms with Crippen LogP contribution in [0.4, 0.5) is 10.1 Å². The van der Waals surface area contributed by atoms with Gasteiger partial charge in [0.15, 0.2) is 0 Å². The molecule has 0 spiro atoms. The first-order valence-electron chi connectivity index (χ1n) is 7.46. The summed E-state index contributed by atoms with van der Waals surface area (Å²) >= 11 is 0. The molecule has 3 rings (SSSR count). The van der Waals surface area contributed by atoms with Gasteiger partial charge >= 0.3 is 0 Å². The zero-order chi connectivity index (χ0) is 17.3. The van der Waals surface area contributed by atoms with Gasteiger partial charge in [0, 0.05) is 18.7 Å². The van der Waals surface area contributed by atoms with Crippen molar-refractivity contribution in [1.82, 2.24) is 5.32 Å². The first-order chi connectivity index (χ1) is 11.5. The zero-order valence-electron chi connectivity index (χ0n) is 13.2. The molecule has 24 heavy (non-hydrogen) atoms. The molecule has 2 aliphatic rings. The molecule has 2 aliphatic heterocycles. The SMILES string of the molecule is CC(=O)NC1ON=C(c2ccc(N3C=CC(=NO)C3)c(F)c2)C1C. The minimum atomic E-state index is -0.551. The van der Waals surface area contributed by atoms with Crippen molar-refractivity contribution < 1.29 is 19.2 Å². The van der Waals surface area contributed by atoms with Crippen LogP contribution in [-0.4, -0.2) is 35.3 Å². The molecule has 0 aromatic heterocycles. The molecule has 2 atom stereocenters. The van der Waals surface area contributed by atoms with Crippen molar-refractivity contribution in [3.8, 4) is 0 Å². The number of anilines is 1. The van der Waals surface area contributed by atoms with E-state index in [0.717, 1.165) is 0 Å². The standard InChI is InChI=1S/C16H17FN4O3/c1-9-15(20-24-16(9)18-10(2)22)11-3-4-14(13(17)7-11)21-6-5-12(8-21)19-23/h3-7,9,16,23H,8H2,1-2H3,(H,18,22). The van der Waals surface area contributed by atoms with E-state index in [1.807, 2.05) is 6.92 Å². The van der Waals surface area contributed by atoms with Crippen LogP contribution in [0.25, 0.3) is 0 Å². The van der Waals surface area contributed by atoms with Crippen LogP contribution in [0, 0.1) is 11.7 Å². The second kappa shape index (κ2) is 6.31. The van der Waals surface area contributed by atoms with E-state index in [0.29, 0.717) is 29.2 Å². The Balaban J connectivity index is 1.79. The molecular weight excluding hydrogens is 315 g/mol. The second-order valence-corrected chi connectivity index (χ2v) is 5.69. The molecule has 2 unspecified atom stereocenters. The maximum atomic E-state index is 14.5. The summed E-state index contributed by atoms with van der Waals surface area (Å²) < 4.78 is 14.5. The van der Waals surface area contributed by atoms with E-state index in [9.17, 15) is 9.18 Å². The number of carbonyl (C=O) groups excluding carboxylic acids is 1. The predicted octanol–water partition coefficient (Wildman–Crippen LogP) is 1.82. The van der Waals surface area contributed by atoms with Crippen molar-refractivity contribution in [3.63, 3.8) is 0 Å². The molecule has 0 radical (unpaired) electrons. The van der Waals surface area contributed by atoms with Gasteiger partial charge in [-0.3, -0.25) is 4.79 Å². The lowest BCUT2D eigenvalue weighted by Gasteiger charge is -2.18. The predicted molar refractivity (Wildman–Crippen MR) is 86.5 cm³/mol. The Hall–Kier alpha value is -2.90. The molecule has 7 nitrogen and oxygen atoms in total. The van der Waals surface area contributed by atoms with E-state index in [-0.39, 0.29) is 11.8 Å². The highest BCUT2D eigenvalue weighted by molar-refractivity contribution is 6.04. The third-order valence-corrected chi connectivity index (χ3v) is 3.96. The molecule has 0 aliphatic carbocycles. The van der Waals surface area contributed by atoms with Crippen LogP contribution >= 0.6 is 0 Å². The van der Waals surface area contributed by atoms with Crippen molar-refractivity contribution >= 4 is 23.0 Å². The second-order valence-electron chi connectivity index (χ2n) is 5.69. The van der Waals surface area contributed by atoms with Crippen LogP contribution in [0.5, 0.6) is 0 Å². The van der Waals surface area contributed by atoms with E-state index < -0.39 is 12.0 Å².